The van der Waals surface area contributed by atoms with Crippen molar-refractivity contribution in [3.63, 3.8) is 0 Å². The van der Waals surface area contributed by atoms with Crippen molar-refractivity contribution in [1.29, 1.82) is 0 Å². The van der Waals surface area contributed by atoms with Crippen LogP contribution in [0.15, 0.2) is 24.3 Å². The molecule has 23 heavy (non-hydrogen) atoms. The number of carbonyl (C=O) groups excluding carboxylic acids is 1. The van der Waals surface area contributed by atoms with E-state index >= 15 is 0 Å². The van der Waals surface area contributed by atoms with Gasteiger partial charge >= 0.3 is 0 Å². The molecule has 0 saturated heterocycles. The van der Waals surface area contributed by atoms with Gasteiger partial charge in [0.25, 0.3) is 5.91 Å². The highest BCUT2D eigenvalue weighted by Crippen LogP contribution is 2.15. The Morgan fingerprint density at radius 3 is 2.61 bits per heavy atom. The Morgan fingerprint density at radius 1 is 1.30 bits per heavy atom. The van der Waals surface area contributed by atoms with Gasteiger partial charge in [-0.1, -0.05) is 12.1 Å². The van der Waals surface area contributed by atoms with Gasteiger partial charge < -0.3 is 10.2 Å². The molecule has 0 atom stereocenters. The molecule has 1 aromatic carbocycles. The monoisotopic (exact) mass is 314 g/mol. The number of aryl methyl sites for hydroxylation is 3. The zero-order valence-corrected chi connectivity index (χ0v) is 14.7. The lowest BCUT2D eigenvalue weighted by molar-refractivity contribution is 0.0953. The van der Waals surface area contributed by atoms with Crippen molar-refractivity contribution in [2.24, 2.45) is 7.05 Å². The lowest BCUT2D eigenvalue weighted by Gasteiger charge is -2.23. The van der Waals surface area contributed by atoms with Gasteiger partial charge in [0, 0.05) is 38.1 Å². The standard InChI is InChI=1S/C18H26N4O/c1-6-22(16-9-7-8-13(2)12-16)11-10-19-18(23)17-14(3)20-21(5)15(17)4/h7-9,12H,6,10-11H2,1-5H3,(H,19,23). The summed E-state index contributed by atoms with van der Waals surface area (Å²) in [6.07, 6.45) is 0. The van der Waals surface area contributed by atoms with E-state index in [1.165, 1.54) is 11.3 Å². The first-order chi connectivity index (χ1) is 10.9. The van der Waals surface area contributed by atoms with Crippen LogP contribution in [0.1, 0.15) is 34.2 Å². The van der Waals surface area contributed by atoms with Gasteiger partial charge in [-0.15, -0.1) is 0 Å². The Labute approximate surface area is 138 Å². The summed E-state index contributed by atoms with van der Waals surface area (Å²) in [7, 11) is 1.86. The second-order valence-corrected chi connectivity index (χ2v) is 5.84. The van der Waals surface area contributed by atoms with E-state index in [4.69, 9.17) is 0 Å². The van der Waals surface area contributed by atoms with Gasteiger partial charge in [-0.25, -0.2) is 0 Å². The molecule has 0 radical (unpaired) electrons. The minimum Gasteiger partial charge on any atom is -0.370 e. The number of nitrogens with zero attached hydrogens (tertiary/aromatic N) is 3. The summed E-state index contributed by atoms with van der Waals surface area (Å²) < 4.78 is 1.75. The minimum atomic E-state index is -0.0478. The third-order valence-corrected chi connectivity index (χ3v) is 4.15. The van der Waals surface area contributed by atoms with Crippen LogP contribution < -0.4 is 10.2 Å². The second kappa shape index (κ2) is 7.31. The molecule has 0 spiro atoms. The number of hydrogen-bond acceptors (Lipinski definition) is 3. The fourth-order valence-electron chi connectivity index (χ4n) is 2.79. The topological polar surface area (TPSA) is 50.2 Å². The molecular weight excluding hydrogens is 288 g/mol. The zero-order chi connectivity index (χ0) is 17.0. The molecule has 0 bridgehead atoms. The number of amides is 1. The summed E-state index contributed by atoms with van der Waals surface area (Å²) in [6.45, 7) is 10.3. The number of rotatable bonds is 6. The van der Waals surface area contributed by atoms with Crippen molar-refractivity contribution < 1.29 is 4.79 Å². The van der Waals surface area contributed by atoms with Gasteiger partial charge in [-0.05, 0) is 45.4 Å². The van der Waals surface area contributed by atoms with E-state index in [-0.39, 0.29) is 5.91 Å². The molecule has 1 aromatic heterocycles. The number of nitrogens with one attached hydrogen (secondary N) is 1. The van der Waals surface area contributed by atoms with Crippen molar-refractivity contribution in [3.05, 3.63) is 46.8 Å². The van der Waals surface area contributed by atoms with Gasteiger partial charge in [0.15, 0.2) is 0 Å². The van der Waals surface area contributed by atoms with Gasteiger partial charge in [0.2, 0.25) is 0 Å². The van der Waals surface area contributed by atoms with Crippen LogP contribution in [-0.2, 0) is 7.05 Å². The number of likely N-dealkylation sites (N-methyl/N-ethyl adjacent to an activating group) is 1. The Morgan fingerprint density at radius 2 is 2.04 bits per heavy atom. The molecule has 5 nitrogen and oxygen atoms in total. The molecule has 0 aliphatic heterocycles. The first kappa shape index (κ1) is 17.1. The summed E-state index contributed by atoms with van der Waals surface area (Å²) in [5.41, 5.74) is 4.78. The van der Waals surface area contributed by atoms with E-state index in [0.29, 0.717) is 12.1 Å². The predicted octanol–water partition coefficient (Wildman–Crippen LogP) is 2.60. The Kier molecular flexibility index (Phi) is 5.42. The van der Waals surface area contributed by atoms with E-state index < -0.39 is 0 Å². The molecule has 1 heterocycles. The van der Waals surface area contributed by atoms with E-state index in [1.807, 2.05) is 20.9 Å². The number of aromatic nitrogens is 2. The Balaban J connectivity index is 1.96. The number of benzene rings is 1. The molecule has 124 valence electrons. The first-order valence-corrected chi connectivity index (χ1v) is 8.04. The average Bonchev–Trinajstić information content (AvgIpc) is 2.76. The fourth-order valence-corrected chi connectivity index (χ4v) is 2.79. The van der Waals surface area contributed by atoms with Crippen molar-refractivity contribution >= 4 is 11.6 Å². The van der Waals surface area contributed by atoms with Gasteiger partial charge in [-0.2, -0.15) is 5.10 Å². The van der Waals surface area contributed by atoms with Crippen LogP contribution in [-0.4, -0.2) is 35.3 Å². The highest BCUT2D eigenvalue weighted by Gasteiger charge is 2.17. The molecule has 0 unspecified atom stereocenters. The maximum absolute atomic E-state index is 12.4. The zero-order valence-electron chi connectivity index (χ0n) is 14.7. The first-order valence-electron chi connectivity index (χ1n) is 8.04. The van der Waals surface area contributed by atoms with Crippen LogP contribution in [0, 0.1) is 20.8 Å². The van der Waals surface area contributed by atoms with Crippen molar-refractivity contribution in [2.45, 2.75) is 27.7 Å². The van der Waals surface area contributed by atoms with Crippen LogP contribution in [0.25, 0.3) is 0 Å². The quantitative estimate of drug-likeness (QED) is 0.891. The van der Waals surface area contributed by atoms with Crippen molar-refractivity contribution in [2.75, 3.05) is 24.5 Å². The molecular formula is C18H26N4O. The van der Waals surface area contributed by atoms with Gasteiger partial charge in [-0.3, -0.25) is 9.48 Å². The summed E-state index contributed by atoms with van der Waals surface area (Å²) in [4.78, 5) is 14.6. The van der Waals surface area contributed by atoms with E-state index in [1.54, 1.807) is 4.68 Å². The molecule has 2 aromatic rings. The highest BCUT2D eigenvalue weighted by atomic mass is 16.1. The Hall–Kier alpha value is -2.30. The molecule has 5 heteroatoms. The van der Waals surface area contributed by atoms with Crippen LogP contribution in [0.5, 0.6) is 0 Å². The Bertz CT molecular complexity index is 690. The molecule has 1 N–H and O–H groups in total. The third-order valence-electron chi connectivity index (χ3n) is 4.15. The lowest BCUT2D eigenvalue weighted by Crippen LogP contribution is -2.35. The summed E-state index contributed by atoms with van der Waals surface area (Å²) in [6, 6.07) is 8.43. The van der Waals surface area contributed by atoms with Crippen LogP contribution >= 0.6 is 0 Å². The molecule has 0 aliphatic rings. The molecule has 2 rings (SSSR count). The van der Waals surface area contributed by atoms with Gasteiger partial charge in [0.05, 0.1) is 11.3 Å². The largest absolute Gasteiger partial charge is 0.370 e. The van der Waals surface area contributed by atoms with E-state index in [9.17, 15) is 4.79 Å². The van der Waals surface area contributed by atoms with Crippen LogP contribution in [0.4, 0.5) is 5.69 Å². The van der Waals surface area contributed by atoms with Crippen LogP contribution in [0.2, 0.25) is 0 Å². The highest BCUT2D eigenvalue weighted by molar-refractivity contribution is 5.96. The van der Waals surface area contributed by atoms with Crippen LogP contribution in [0.3, 0.4) is 0 Å². The molecule has 0 aliphatic carbocycles. The number of anilines is 1. The summed E-state index contributed by atoms with van der Waals surface area (Å²) >= 11 is 0. The normalized spacial score (nSPS) is 10.7. The maximum Gasteiger partial charge on any atom is 0.255 e. The van der Waals surface area contributed by atoms with Crippen molar-refractivity contribution in [3.8, 4) is 0 Å². The summed E-state index contributed by atoms with van der Waals surface area (Å²) in [5, 5.41) is 7.30. The second-order valence-electron chi connectivity index (χ2n) is 5.84. The van der Waals surface area contributed by atoms with Gasteiger partial charge in [0.1, 0.15) is 0 Å². The minimum absolute atomic E-state index is 0.0478. The smallest absolute Gasteiger partial charge is 0.255 e. The van der Waals surface area contributed by atoms with Crippen molar-refractivity contribution in [1.82, 2.24) is 15.1 Å². The molecule has 1 amide bonds. The molecule has 0 saturated carbocycles. The number of carbonyl (C=O) groups is 1. The summed E-state index contributed by atoms with van der Waals surface area (Å²) in [5.74, 6) is -0.0478. The SMILES string of the molecule is CCN(CCNC(=O)c1c(C)nn(C)c1C)c1cccc(C)c1. The van der Waals surface area contributed by atoms with E-state index in [0.717, 1.165) is 24.5 Å². The lowest BCUT2D eigenvalue weighted by atomic mass is 10.2. The molecule has 0 fully saturated rings. The third kappa shape index (κ3) is 3.92. The average molecular weight is 314 g/mol. The maximum atomic E-state index is 12.4. The predicted molar refractivity (Wildman–Crippen MR) is 94.1 cm³/mol. The fraction of sp³-hybridized carbons (Fsp3) is 0.444. The number of hydrogen-bond donors (Lipinski definition) is 1. The van der Waals surface area contributed by atoms with E-state index in [2.05, 4.69) is 53.4 Å².